The van der Waals surface area contributed by atoms with Gasteiger partial charge in [0.05, 0.1) is 19.2 Å². The van der Waals surface area contributed by atoms with Crippen molar-refractivity contribution in [2.45, 2.75) is 19.4 Å². The number of amides is 1. The number of ether oxygens (including phenoxy) is 2. The van der Waals surface area contributed by atoms with Gasteiger partial charge in [-0.3, -0.25) is 9.59 Å². The van der Waals surface area contributed by atoms with Gasteiger partial charge < -0.3 is 14.8 Å². The molecule has 1 N–H and O–H groups in total. The molecule has 6 heteroatoms. The van der Waals surface area contributed by atoms with Crippen LogP contribution in [-0.4, -0.2) is 25.1 Å². The van der Waals surface area contributed by atoms with Crippen molar-refractivity contribution < 1.29 is 19.1 Å². The van der Waals surface area contributed by atoms with E-state index in [2.05, 4.69) is 5.32 Å². The zero-order chi connectivity index (χ0) is 17.5. The molecule has 0 saturated carbocycles. The Morgan fingerprint density at radius 1 is 1.12 bits per heavy atom. The largest absolute Gasteiger partial charge is 0.495 e. The first-order valence-electron chi connectivity index (χ1n) is 7.37. The maximum atomic E-state index is 12.2. The zero-order valence-electron chi connectivity index (χ0n) is 13.4. The number of halogens is 1. The summed E-state index contributed by atoms with van der Waals surface area (Å²) >= 11 is 5.80. The predicted octanol–water partition coefficient (Wildman–Crippen LogP) is 3.46. The van der Waals surface area contributed by atoms with E-state index in [1.807, 2.05) is 0 Å². The lowest BCUT2D eigenvalue weighted by atomic mass is 10.1. The molecule has 5 nitrogen and oxygen atoms in total. The SMILES string of the molecule is COc1ccccc1NC(=O)[C@H](C)OC(=O)Cc1ccc(Cl)cc1. The maximum Gasteiger partial charge on any atom is 0.311 e. The summed E-state index contributed by atoms with van der Waals surface area (Å²) in [5.41, 5.74) is 1.28. The van der Waals surface area contributed by atoms with E-state index >= 15 is 0 Å². The Morgan fingerprint density at radius 3 is 2.46 bits per heavy atom. The fraction of sp³-hybridized carbons (Fsp3) is 0.222. The van der Waals surface area contributed by atoms with Crippen LogP contribution in [0.4, 0.5) is 5.69 Å². The molecule has 0 aliphatic heterocycles. The molecule has 2 rings (SSSR count). The molecule has 24 heavy (non-hydrogen) atoms. The fourth-order valence-electron chi connectivity index (χ4n) is 2.04. The van der Waals surface area contributed by atoms with Crippen LogP contribution in [0.15, 0.2) is 48.5 Å². The normalized spacial score (nSPS) is 11.5. The Kier molecular flexibility index (Phi) is 6.21. The molecule has 0 radical (unpaired) electrons. The van der Waals surface area contributed by atoms with Crippen molar-refractivity contribution in [2.24, 2.45) is 0 Å². The molecule has 0 aliphatic rings. The number of benzene rings is 2. The van der Waals surface area contributed by atoms with E-state index in [1.165, 1.54) is 14.0 Å². The Labute approximate surface area is 145 Å². The molecule has 1 amide bonds. The Bertz CT molecular complexity index is 715. The number of rotatable bonds is 6. The first-order chi connectivity index (χ1) is 11.5. The lowest BCUT2D eigenvalue weighted by molar-refractivity contribution is -0.152. The summed E-state index contributed by atoms with van der Waals surface area (Å²) in [6.45, 7) is 1.52. The molecule has 0 heterocycles. The van der Waals surface area contributed by atoms with Crippen LogP contribution >= 0.6 is 11.6 Å². The third kappa shape index (κ3) is 4.99. The molecule has 0 fully saturated rings. The van der Waals surface area contributed by atoms with Crippen LogP contribution in [0, 0.1) is 0 Å². The number of carbonyl (C=O) groups is 2. The molecule has 0 spiro atoms. The highest BCUT2D eigenvalue weighted by molar-refractivity contribution is 6.30. The van der Waals surface area contributed by atoms with Gasteiger partial charge >= 0.3 is 5.97 Å². The van der Waals surface area contributed by atoms with Crippen LogP contribution in [0.1, 0.15) is 12.5 Å². The molecular weight excluding hydrogens is 330 g/mol. The minimum atomic E-state index is -0.922. The van der Waals surface area contributed by atoms with E-state index < -0.39 is 18.0 Å². The molecule has 0 saturated heterocycles. The first kappa shape index (κ1) is 17.8. The molecule has 2 aromatic carbocycles. The van der Waals surface area contributed by atoms with Crippen molar-refractivity contribution in [3.8, 4) is 5.75 Å². The van der Waals surface area contributed by atoms with Gasteiger partial charge in [-0.1, -0.05) is 35.9 Å². The number of methoxy groups -OCH3 is 1. The Morgan fingerprint density at radius 2 is 1.79 bits per heavy atom. The highest BCUT2D eigenvalue weighted by Crippen LogP contribution is 2.23. The Balaban J connectivity index is 1.91. The third-order valence-corrected chi connectivity index (χ3v) is 3.56. The Hall–Kier alpha value is -2.53. The van der Waals surface area contributed by atoms with Crippen LogP contribution in [0.3, 0.4) is 0 Å². The predicted molar refractivity (Wildman–Crippen MR) is 92.3 cm³/mol. The van der Waals surface area contributed by atoms with E-state index in [9.17, 15) is 9.59 Å². The van der Waals surface area contributed by atoms with Crippen LogP contribution in [0.2, 0.25) is 5.02 Å². The van der Waals surface area contributed by atoms with Gasteiger partial charge in [-0.15, -0.1) is 0 Å². The second kappa shape index (κ2) is 8.36. The van der Waals surface area contributed by atoms with E-state index in [4.69, 9.17) is 21.1 Å². The molecule has 0 bridgehead atoms. The molecule has 0 unspecified atom stereocenters. The molecule has 1 atom stereocenters. The number of nitrogens with one attached hydrogen (secondary N) is 1. The van der Waals surface area contributed by atoms with Gasteiger partial charge in [0.1, 0.15) is 5.75 Å². The van der Waals surface area contributed by atoms with E-state index in [0.29, 0.717) is 16.5 Å². The van der Waals surface area contributed by atoms with Crippen LogP contribution in [0.5, 0.6) is 5.75 Å². The highest BCUT2D eigenvalue weighted by atomic mass is 35.5. The lowest BCUT2D eigenvalue weighted by Crippen LogP contribution is -2.30. The van der Waals surface area contributed by atoms with Crippen molar-refractivity contribution in [3.63, 3.8) is 0 Å². The average Bonchev–Trinajstić information content (AvgIpc) is 2.57. The first-order valence-corrected chi connectivity index (χ1v) is 7.75. The topological polar surface area (TPSA) is 64.6 Å². The number of esters is 1. The summed E-state index contributed by atoms with van der Waals surface area (Å²) < 4.78 is 10.3. The van der Waals surface area contributed by atoms with Gasteiger partial charge in [-0.2, -0.15) is 0 Å². The molecule has 0 aliphatic carbocycles. The monoisotopic (exact) mass is 347 g/mol. The van der Waals surface area contributed by atoms with Gasteiger partial charge in [0.15, 0.2) is 6.10 Å². The zero-order valence-corrected chi connectivity index (χ0v) is 14.2. The summed E-state index contributed by atoms with van der Waals surface area (Å²) in [4.78, 5) is 24.1. The van der Waals surface area contributed by atoms with E-state index in [1.54, 1.807) is 48.5 Å². The maximum absolute atomic E-state index is 12.2. The summed E-state index contributed by atoms with van der Waals surface area (Å²) in [6.07, 6.45) is -0.849. The van der Waals surface area contributed by atoms with E-state index in [0.717, 1.165) is 5.56 Å². The van der Waals surface area contributed by atoms with Gasteiger partial charge in [0, 0.05) is 5.02 Å². The van der Waals surface area contributed by atoms with Gasteiger partial charge in [0.25, 0.3) is 5.91 Å². The van der Waals surface area contributed by atoms with Crippen molar-refractivity contribution in [2.75, 3.05) is 12.4 Å². The van der Waals surface area contributed by atoms with Crippen LogP contribution in [-0.2, 0) is 20.7 Å². The minimum Gasteiger partial charge on any atom is -0.495 e. The second-order valence-electron chi connectivity index (χ2n) is 5.12. The molecule has 126 valence electrons. The van der Waals surface area contributed by atoms with Crippen LogP contribution < -0.4 is 10.1 Å². The molecule has 0 aromatic heterocycles. The summed E-state index contributed by atoms with van der Waals surface area (Å²) in [7, 11) is 1.51. The van der Waals surface area contributed by atoms with Gasteiger partial charge in [-0.25, -0.2) is 0 Å². The fourth-order valence-corrected chi connectivity index (χ4v) is 2.17. The summed E-state index contributed by atoms with van der Waals surface area (Å²) in [6, 6.07) is 13.9. The number of carbonyl (C=O) groups excluding carboxylic acids is 2. The van der Waals surface area contributed by atoms with Gasteiger partial charge in [-0.05, 0) is 36.8 Å². The average molecular weight is 348 g/mol. The number of hydrogen-bond acceptors (Lipinski definition) is 4. The highest BCUT2D eigenvalue weighted by Gasteiger charge is 2.19. The third-order valence-electron chi connectivity index (χ3n) is 3.30. The van der Waals surface area contributed by atoms with Crippen molar-refractivity contribution in [3.05, 3.63) is 59.1 Å². The molecular formula is C18H18ClNO4. The molecule has 2 aromatic rings. The smallest absolute Gasteiger partial charge is 0.311 e. The van der Waals surface area contributed by atoms with Crippen molar-refractivity contribution in [1.82, 2.24) is 0 Å². The van der Waals surface area contributed by atoms with E-state index in [-0.39, 0.29) is 6.42 Å². The van der Waals surface area contributed by atoms with Crippen LogP contribution in [0.25, 0.3) is 0 Å². The standard InChI is InChI=1S/C18H18ClNO4/c1-12(18(22)20-15-5-3-4-6-16(15)23-2)24-17(21)11-13-7-9-14(19)10-8-13/h3-10,12H,11H2,1-2H3,(H,20,22)/t12-/m0/s1. The second-order valence-corrected chi connectivity index (χ2v) is 5.56. The number of hydrogen-bond donors (Lipinski definition) is 1. The number of anilines is 1. The van der Waals surface area contributed by atoms with Crippen molar-refractivity contribution >= 4 is 29.2 Å². The minimum absolute atomic E-state index is 0.0729. The summed E-state index contributed by atoms with van der Waals surface area (Å²) in [5, 5.41) is 3.27. The number of para-hydroxylation sites is 2. The quantitative estimate of drug-likeness (QED) is 0.813. The van der Waals surface area contributed by atoms with Gasteiger partial charge in [0.2, 0.25) is 0 Å². The lowest BCUT2D eigenvalue weighted by Gasteiger charge is -2.15. The van der Waals surface area contributed by atoms with Crippen molar-refractivity contribution in [1.29, 1.82) is 0 Å². The summed E-state index contributed by atoms with van der Waals surface area (Å²) in [5.74, 6) is -0.380.